The highest BCUT2D eigenvalue weighted by Crippen LogP contribution is 2.31. The molecule has 0 aliphatic carbocycles. The summed E-state index contributed by atoms with van der Waals surface area (Å²) >= 11 is 1.76. The molecular weight excluding hydrogens is 258 g/mol. The van der Waals surface area contributed by atoms with E-state index in [0.29, 0.717) is 5.92 Å². The quantitative estimate of drug-likeness (QED) is 0.871. The van der Waals surface area contributed by atoms with E-state index in [9.17, 15) is 0 Å². The first kappa shape index (κ1) is 15.0. The summed E-state index contributed by atoms with van der Waals surface area (Å²) in [5.41, 5.74) is 7.55. The van der Waals surface area contributed by atoms with Crippen LogP contribution in [0, 0.1) is 12.8 Å². The first-order chi connectivity index (χ1) is 9.22. The third-order valence-corrected chi connectivity index (χ3v) is 4.95. The lowest BCUT2D eigenvalue weighted by molar-refractivity contribution is -0.0200. The van der Waals surface area contributed by atoms with Gasteiger partial charge in [0.1, 0.15) is 6.10 Å². The molecule has 1 aliphatic rings. The van der Waals surface area contributed by atoms with Crippen LogP contribution in [-0.2, 0) is 9.47 Å². The maximum Gasteiger partial charge on any atom is 0.107 e. The number of hydrogen-bond acceptors (Lipinski definition) is 4. The van der Waals surface area contributed by atoms with Gasteiger partial charge in [0.05, 0.1) is 6.61 Å². The van der Waals surface area contributed by atoms with Crippen LogP contribution in [-0.4, -0.2) is 25.9 Å². The van der Waals surface area contributed by atoms with Gasteiger partial charge in [-0.1, -0.05) is 6.92 Å². The summed E-state index contributed by atoms with van der Waals surface area (Å²) < 4.78 is 11.6. The molecule has 0 bridgehead atoms. The van der Waals surface area contributed by atoms with E-state index in [4.69, 9.17) is 15.2 Å². The third-order valence-electron chi connectivity index (χ3n) is 3.87. The highest BCUT2D eigenvalue weighted by molar-refractivity contribution is 7.10. The molecule has 2 unspecified atom stereocenters. The van der Waals surface area contributed by atoms with Gasteiger partial charge in [-0.05, 0) is 49.1 Å². The fraction of sp³-hybridized carbons (Fsp3) is 0.733. The second-order valence-electron chi connectivity index (χ2n) is 5.35. The van der Waals surface area contributed by atoms with Gasteiger partial charge in [0, 0.05) is 24.1 Å². The van der Waals surface area contributed by atoms with E-state index in [0.717, 1.165) is 39.1 Å². The van der Waals surface area contributed by atoms with Gasteiger partial charge < -0.3 is 15.2 Å². The zero-order chi connectivity index (χ0) is 13.7. The van der Waals surface area contributed by atoms with Crippen LogP contribution >= 0.6 is 11.3 Å². The molecule has 0 spiro atoms. The Bertz CT molecular complexity index is 374. The zero-order valence-electron chi connectivity index (χ0n) is 11.9. The molecule has 2 rings (SSSR count). The van der Waals surface area contributed by atoms with Crippen LogP contribution in [0.3, 0.4) is 0 Å². The smallest absolute Gasteiger partial charge is 0.107 e. The van der Waals surface area contributed by atoms with Crippen molar-refractivity contribution in [3.8, 4) is 0 Å². The number of rotatable bonds is 6. The highest BCUT2D eigenvalue weighted by atomic mass is 32.1. The lowest BCUT2D eigenvalue weighted by atomic mass is 10.0. The predicted octanol–water partition coefficient (Wildman–Crippen LogP) is 3.28. The number of thiophene rings is 1. The normalized spacial score (nSPS) is 20.4. The van der Waals surface area contributed by atoms with Gasteiger partial charge >= 0.3 is 0 Å². The van der Waals surface area contributed by atoms with Crippen molar-refractivity contribution in [2.75, 3.05) is 19.8 Å². The Kier molecular flexibility index (Phi) is 5.82. The summed E-state index contributed by atoms with van der Waals surface area (Å²) in [4.78, 5) is 1.29. The molecule has 1 aromatic rings. The number of ether oxygens (including phenoxy) is 2. The maximum absolute atomic E-state index is 6.25. The van der Waals surface area contributed by atoms with Crippen molar-refractivity contribution in [1.29, 1.82) is 0 Å². The van der Waals surface area contributed by atoms with Crippen LogP contribution in [0.4, 0.5) is 0 Å². The van der Waals surface area contributed by atoms with Crippen molar-refractivity contribution >= 4 is 11.3 Å². The number of nitrogens with two attached hydrogens (primary N) is 1. The molecule has 0 radical (unpaired) electrons. The molecule has 1 aliphatic heterocycles. The van der Waals surface area contributed by atoms with E-state index in [1.807, 2.05) is 0 Å². The van der Waals surface area contributed by atoms with Crippen LogP contribution in [0.5, 0.6) is 0 Å². The first-order valence-electron chi connectivity index (χ1n) is 7.21. The fourth-order valence-corrected chi connectivity index (χ4v) is 3.49. The molecule has 2 N–H and O–H groups in total. The van der Waals surface area contributed by atoms with Crippen molar-refractivity contribution in [2.45, 2.75) is 45.3 Å². The Balaban J connectivity index is 1.96. The van der Waals surface area contributed by atoms with Crippen LogP contribution in [0.2, 0.25) is 0 Å². The van der Waals surface area contributed by atoms with Gasteiger partial charge in [-0.25, -0.2) is 0 Å². The van der Waals surface area contributed by atoms with Crippen LogP contribution in [0.15, 0.2) is 11.4 Å². The molecule has 2 atom stereocenters. The van der Waals surface area contributed by atoms with Gasteiger partial charge in [-0.15, -0.1) is 11.3 Å². The Hall–Kier alpha value is -0.420. The van der Waals surface area contributed by atoms with E-state index in [1.54, 1.807) is 11.3 Å². The lowest BCUT2D eigenvalue weighted by Gasteiger charge is -2.27. The molecule has 0 aromatic carbocycles. The zero-order valence-corrected chi connectivity index (χ0v) is 12.7. The maximum atomic E-state index is 6.25. The predicted molar refractivity (Wildman–Crippen MR) is 79.6 cm³/mol. The van der Waals surface area contributed by atoms with Crippen LogP contribution in [0.25, 0.3) is 0 Å². The van der Waals surface area contributed by atoms with Gasteiger partial charge in [-0.3, -0.25) is 0 Å². The molecular formula is C15H25NO2S. The second kappa shape index (κ2) is 7.39. The largest absolute Gasteiger partial charge is 0.381 e. The molecule has 4 heteroatoms. The van der Waals surface area contributed by atoms with Gasteiger partial charge in [0.15, 0.2) is 0 Å². The summed E-state index contributed by atoms with van der Waals surface area (Å²) in [6, 6.07) is 2.23. The van der Waals surface area contributed by atoms with E-state index in [1.165, 1.54) is 10.4 Å². The molecule has 0 saturated carbocycles. The lowest BCUT2D eigenvalue weighted by Crippen LogP contribution is -2.31. The van der Waals surface area contributed by atoms with Crippen molar-refractivity contribution in [3.63, 3.8) is 0 Å². The fourth-order valence-electron chi connectivity index (χ4n) is 2.44. The topological polar surface area (TPSA) is 44.5 Å². The molecule has 3 nitrogen and oxygen atoms in total. The molecule has 1 fully saturated rings. The second-order valence-corrected chi connectivity index (χ2v) is 6.30. The number of aryl methyl sites for hydroxylation is 1. The Morgan fingerprint density at radius 3 is 2.79 bits per heavy atom. The standard InChI is InChI=1S/C15H25NO2S/c1-3-13(16)14(15-11(2)6-9-19-15)18-10-12-4-7-17-8-5-12/h6,9,12-14H,3-5,7-8,10,16H2,1-2H3. The van der Waals surface area contributed by atoms with Crippen LogP contribution in [0.1, 0.15) is 42.7 Å². The summed E-state index contributed by atoms with van der Waals surface area (Å²) in [6.45, 7) is 6.81. The Morgan fingerprint density at radius 1 is 1.47 bits per heavy atom. The third kappa shape index (κ3) is 4.02. The highest BCUT2D eigenvalue weighted by Gasteiger charge is 2.24. The minimum Gasteiger partial charge on any atom is -0.381 e. The van der Waals surface area contributed by atoms with E-state index in [2.05, 4.69) is 25.3 Å². The first-order valence-corrected chi connectivity index (χ1v) is 8.09. The molecule has 108 valence electrons. The summed E-state index contributed by atoms with van der Waals surface area (Å²) in [5.74, 6) is 0.626. The molecule has 2 heterocycles. The van der Waals surface area contributed by atoms with Crippen molar-refractivity contribution in [2.24, 2.45) is 11.7 Å². The molecule has 1 saturated heterocycles. The van der Waals surface area contributed by atoms with Gasteiger partial charge in [0.2, 0.25) is 0 Å². The van der Waals surface area contributed by atoms with Crippen molar-refractivity contribution in [3.05, 3.63) is 21.9 Å². The van der Waals surface area contributed by atoms with Gasteiger partial charge in [-0.2, -0.15) is 0 Å². The Morgan fingerprint density at radius 2 is 2.21 bits per heavy atom. The SMILES string of the molecule is CCC(N)C(OCC1CCOCC1)c1sccc1C. The molecule has 1 aromatic heterocycles. The van der Waals surface area contributed by atoms with E-state index >= 15 is 0 Å². The average Bonchev–Trinajstić information content (AvgIpc) is 2.86. The minimum absolute atomic E-state index is 0.0489. The summed E-state index contributed by atoms with van der Waals surface area (Å²) in [7, 11) is 0. The monoisotopic (exact) mass is 283 g/mol. The molecule has 19 heavy (non-hydrogen) atoms. The van der Waals surface area contributed by atoms with Gasteiger partial charge in [0.25, 0.3) is 0 Å². The van der Waals surface area contributed by atoms with E-state index < -0.39 is 0 Å². The van der Waals surface area contributed by atoms with Crippen molar-refractivity contribution in [1.82, 2.24) is 0 Å². The Labute approximate surface area is 120 Å². The minimum atomic E-state index is 0.0489. The van der Waals surface area contributed by atoms with E-state index in [-0.39, 0.29) is 12.1 Å². The average molecular weight is 283 g/mol. The summed E-state index contributed by atoms with van der Waals surface area (Å²) in [5, 5.41) is 2.12. The number of hydrogen-bond donors (Lipinski definition) is 1. The summed E-state index contributed by atoms with van der Waals surface area (Å²) in [6.07, 6.45) is 3.21. The van der Waals surface area contributed by atoms with Crippen molar-refractivity contribution < 1.29 is 9.47 Å². The van der Waals surface area contributed by atoms with Crippen LogP contribution < -0.4 is 5.73 Å². The molecule has 0 amide bonds.